The number of phenols is 1. The smallest absolute Gasteiger partial charge is 0.343 e. The standard InChI is InChI=1S/C25H26N2O5.C2H6/c1-5-15-16-9-14(28)7-8-20(16)26-22-17(15)11-27-21(22)10-19-18(23(27)29)12-31-24(30)25(19,6-2)32-13(3)4;1-2/h7-10,13,28H,5-6,11-12H2,1-4H3;1-2H3. The molecule has 2 aliphatic heterocycles. The van der Waals surface area contributed by atoms with Crippen molar-refractivity contribution in [2.75, 3.05) is 0 Å². The second-order valence-electron chi connectivity index (χ2n) is 8.71. The Kier molecular flexibility index (Phi) is 6.25. The largest absolute Gasteiger partial charge is 0.508 e. The minimum Gasteiger partial charge on any atom is -0.508 e. The highest BCUT2D eigenvalue weighted by Crippen LogP contribution is 2.42. The normalized spacial score (nSPS) is 18.1. The maximum Gasteiger partial charge on any atom is 0.343 e. The van der Waals surface area contributed by atoms with E-state index in [0.29, 0.717) is 29.8 Å². The zero-order valence-corrected chi connectivity index (χ0v) is 20.7. The first kappa shape index (κ1) is 24.0. The van der Waals surface area contributed by atoms with Gasteiger partial charge in [-0.05, 0) is 56.5 Å². The predicted octanol–water partition coefficient (Wildman–Crippen LogP) is 4.81. The summed E-state index contributed by atoms with van der Waals surface area (Å²) in [6.07, 6.45) is 0.875. The van der Waals surface area contributed by atoms with E-state index in [2.05, 4.69) is 6.92 Å². The van der Waals surface area contributed by atoms with Gasteiger partial charge in [-0.3, -0.25) is 4.79 Å². The number of phenolic OH excluding ortho intramolecular Hbond substituents is 1. The van der Waals surface area contributed by atoms with E-state index in [1.54, 1.807) is 22.8 Å². The third-order valence-corrected chi connectivity index (χ3v) is 6.55. The number of hydrogen-bond acceptors (Lipinski definition) is 6. The van der Waals surface area contributed by atoms with E-state index < -0.39 is 11.6 Å². The molecule has 1 N–H and O–H groups in total. The highest BCUT2D eigenvalue weighted by Gasteiger charge is 2.48. The molecular weight excluding hydrogens is 432 g/mol. The van der Waals surface area contributed by atoms with Crippen LogP contribution in [0.1, 0.15) is 70.2 Å². The van der Waals surface area contributed by atoms with Gasteiger partial charge in [0.25, 0.3) is 5.56 Å². The van der Waals surface area contributed by atoms with Gasteiger partial charge in [0, 0.05) is 16.5 Å². The monoisotopic (exact) mass is 464 g/mol. The van der Waals surface area contributed by atoms with Crippen molar-refractivity contribution in [2.24, 2.45) is 0 Å². The van der Waals surface area contributed by atoms with Crippen molar-refractivity contribution in [3.8, 4) is 17.1 Å². The van der Waals surface area contributed by atoms with Crippen LogP contribution in [-0.2, 0) is 39.4 Å². The van der Waals surface area contributed by atoms with Gasteiger partial charge in [-0.25, -0.2) is 9.78 Å². The molecule has 0 spiro atoms. The Morgan fingerprint density at radius 2 is 1.91 bits per heavy atom. The highest BCUT2D eigenvalue weighted by atomic mass is 16.6. The number of benzene rings is 1. The molecule has 1 atom stereocenters. The second kappa shape index (κ2) is 8.87. The fraction of sp³-hybridized carbons (Fsp3) is 0.444. The summed E-state index contributed by atoms with van der Waals surface area (Å²) in [5, 5.41) is 10.9. The van der Waals surface area contributed by atoms with E-state index in [9.17, 15) is 14.7 Å². The Labute approximate surface area is 199 Å². The Morgan fingerprint density at radius 1 is 1.18 bits per heavy atom. The molecule has 3 aromatic rings. The van der Waals surface area contributed by atoms with Crippen LogP contribution in [0.4, 0.5) is 0 Å². The Morgan fingerprint density at radius 3 is 2.56 bits per heavy atom. The zero-order valence-electron chi connectivity index (χ0n) is 20.7. The molecule has 7 nitrogen and oxygen atoms in total. The SMILES string of the molecule is CC.CCc1c2c(nc3ccc(O)cc13)-c1cc3c(c(=O)n1C2)COC(=O)C3(CC)OC(C)C. The summed E-state index contributed by atoms with van der Waals surface area (Å²) in [5.74, 6) is -0.272. The number of aromatic hydroxyl groups is 1. The Bertz CT molecular complexity index is 1340. The maximum absolute atomic E-state index is 13.6. The number of esters is 1. The molecule has 4 heterocycles. The fourth-order valence-corrected chi connectivity index (χ4v) is 5.14. The van der Waals surface area contributed by atoms with Gasteiger partial charge in [0.2, 0.25) is 0 Å². The van der Waals surface area contributed by atoms with Crippen LogP contribution in [0.5, 0.6) is 5.75 Å². The summed E-state index contributed by atoms with van der Waals surface area (Å²) < 4.78 is 13.3. The van der Waals surface area contributed by atoms with Crippen LogP contribution in [0.2, 0.25) is 0 Å². The Hall–Kier alpha value is -3.19. The number of fused-ring (bicyclic) bond motifs is 5. The second-order valence-corrected chi connectivity index (χ2v) is 8.71. The molecule has 1 aromatic carbocycles. The van der Waals surface area contributed by atoms with Crippen molar-refractivity contribution >= 4 is 16.9 Å². The fourth-order valence-electron chi connectivity index (χ4n) is 5.14. The summed E-state index contributed by atoms with van der Waals surface area (Å²) in [6, 6.07) is 7.03. The van der Waals surface area contributed by atoms with Gasteiger partial charge in [0.15, 0.2) is 5.60 Å². The van der Waals surface area contributed by atoms with Crippen molar-refractivity contribution in [1.29, 1.82) is 0 Å². The average molecular weight is 465 g/mol. The number of aryl methyl sites for hydroxylation is 1. The molecule has 2 aromatic heterocycles. The van der Waals surface area contributed by atoms with Crippen LogP contribution < -0.4 is 5.56 Å². The third kappa shape index (κ3) is 3.41. The van der Waals surface area contributed by atoms with Gasteiger partial charge in [-0.1, -0.05) is 27.7 Å². The van der Waals surface area contributed by atoms with Crippen molar-refractivity contribution in [2.45, 2.75) is 79.2 Å². The van der Waals surface area contributed by atoms with Gasteiger partial charge < -0.3 is 19.1 Å². The lowest BCUT2D eigenvalue weighted by Crippen LogP contribution is -2.47. The maximum atomic E-state index is 13.6. The molecule has 180 valence electrons. The molecule has 2 aliphatic rings. The van der Waals surface area contributed by atoms with Gasteiger partial charge in [0.1, 0.15) is 12.4 Å². The first-order valence-electron chi connectivity index (χ1n) is 12.1. The van der Waals surface area contributed by atoms with Gasteiger partial charge >= 0.3 is 5.97 Å². The van der Waals surface area contributed by atoms with Crippen LogP contribution in [0.3, 0.4) is 0 Å². The minimum absolute atomic E-state index is 0.0588. The van der Waals surface area contributed by atoms with Crippen LogP contribution in [0, 0.1) is 0 Å². The Balaban J connectivity index is 0.00000133. The van der Waals surface area contributed by atoms with Gasteiger partial charge in [-0.15, -0.1) is 0 Å². The van der Waals surface area contributed by atoms with Crippen LogP contribution in [0.25, 0.3) is 22.3 Å². The lowest BCUT2D eigenvalue weighted by atomic mass is 9.85. The first-order valence-corrected chi connectivity index (χ1v) is 12.1. The molecule has 0 amide bonds. The molecule has 0 aliphatic carbocycles. The quantitative estimate of drug-likeness (QED) is 0.436. The predicted molar refractivity (Wildman–Crippen MR) is 131 cm³/mol. The number of carbonyl (C=O) groups is 1. The van der Waals surface area contributed by atoms with Crippen molar-refractivity contribution in [3.63, 3.8) is 0 Å². The van der Waals surface area contributed by atoms with Crippen LogP contribution in [0.15, 0.2) is 29.1 Å². The lowest BCUT2D eigenvalue weighted by Gasteiger charge is -2.37. The number of aromatic nitrogens is 2. The number of cyclic esters (lactones) is 1. The minimum atomic E-state index is -1.31. The van der Waals surface area contributed by atoms with Crippen molar-refractivity contribution in [3.05, 3.63) is 56.9 Å². The lowest BCUT2D eigenvalue weighted by molar-refractivity contribution is -0.187. The first-order chi connectivity index (χ1) is 16.3. The van der Waals surface area contributed by atoms with E-state index in [0.717, 1.165) is 34.1 Å². The molecule has 0 fully saturated rings. The third-order valence-electron chi connectivity index (χ3n) is 6.55. The molecule has 34 heavy (non-hydrogen) atoms. The van der Waals surface area contributed by atoms with Crippen molar-refractivity contribution in [1.82, 2.24) is 9.55 Å². The van der Waals surface area contributed by atoms with Crippen LogP contribution >= 0.6 is 0 Å². The molecule has 0 radical (unpaired) electrons. The number of hydrogen-bond donors (Lipinski definition) is 1. The zero-order chi connectivity index (χ0) is 24.8. The van der Waals surface area contributed by atoms with Gasteiger partial charge in [0.05, 0.1) is 35.1 Å². The molecular formula is C27H32N2O5. The molecule has 7 heteroatoms. The summed E-state index contributed by atoms with van der Waals surface area (Å²) in [7, 11) is 0. The van der Waals surface area contributed by atoms with E-state index in [4.69, 9.17) is 14.5 Å². The molecule has 5 rings (SSSR count). The summed E-state index contributed by atoms with van der Waals surface area (Å²) in [5.41, 5.74) is 3.79. The summed E-state index contributed by atoms with van der Waals surface area (Å²) >= 11 is 0. The van der Waals surface area contributed by atoms with E-state index >= 15 is 0 Å². The van der Waals surface area contributed by atoms with Gasteiger partial charge in [-0.2, -0.15) is 0 Å². The number of nitrogens with zero attached hydrogens (tertiary/aromatic N) is 2. The number of carbonyl (C=O) groups excluding carboxylic acids is 1. The molecule has 0 saturated carbocycles. The van der Waals surface area contributed by atoms with E-state index in [1.165, 1.54) is 0 Å². The number of pyridine rings is 2. The highest BCUT2D eigenvalue weighted by molar-refractivity contribution is 5.90. The number of ether oxygens (including phenoxy) is 2. The van der Waals surface area contributed by atoms with Crippen molar-refractivity contribution < 1.29 is 19.4 Å². The molecule has 0 bridgehead atoms. The molecule has 0 saturated heterocycles. The number of rotatable bonds is 4. The van der Waals surface area contributed by atoms with Crippen LogP contribution in [-0.4, -0.2) is 26.7 Å². The molecule has 1 unspecified atom stereocenters. The average Bonchev–Trinajstić information content (AvgIpc) is 3.19. The van der Waals surface area contributed by atoms with E-state index in [1.807, 2.05) is 40.7 Å². The summed E-state index contributed by atoms with van der Waals surface area (Å²) in [6.45, 7) is 12.0. The van der Waals surface area contributed by atoms with E-state index in [-0.39, 0.29) is 24.0 Å². The summed E-state index contributed by atoms with van der Waals surface area (Å²) in [4.78, 5) is 31.3. The topological polar surface area (TPSA) is 90.7 Å².